The summed E-state index contributed by atoms with van der Waals surface area (Å²) in [5, 5.41) is 21.5. The first-order valence-electron chi connectivity index (χ1n) is 9.73. The van der Waals surface area contributed by atoms with Crippen LogP contribution in [0.2, 0.25) is 0 Å². The first kappa shape index (κ1) is 20.7. The summed E-state index contributed by atoms with van der Waals surface area (Å²) in [7, 11) is 0. The maximum atomic E-state index is 12.7. The van der Waals surface area contributed by atoms with Crippen LogP contribution in [0.25, 0.3) is 5.69 Å². The molecule has 2 aromatic heterocycles. The van der Waals surface area contributed by atoms with Crippen LogP contribution in [0.4, 0.5) is 17.1 Å². The second kappa shape index (κ2) is 9.04. The van der Waals surface area contributed by atoms with Gasteiger partial charge in [-0.05, 0) is 55.5 Å². The minimum atomic E-state index is -0.517. The third kappa shape index (κ3) is 4.59. The molecular formula is C22H19N7O3. The average Bonchev–Trinajstić information content (AvgIpc) is 3.35. The highest BCUT2D eigenvalue weighted by Crippen LogP contribution is 2.29. The number of aromatic nitrogens is 4. The summed E-state index contributed by atoms with van der Waals surface area (Å²) in [4.78, 5) is 31.9. The molecule has 160 valence electrons. The lowest BCUT2D eigenvalue weighted by Crippen LogP contribution is -2.14. The number of nitrogens with one attached hydrogen (secondary N) is 2. The summed E-state index contributed by atoms with van der Waals surface area (Å²) in [6, 6.07) is 16.5. The number of carbonyl (C=O) groups is 1. The molecule has 0 bridgehead atoms. The first-order chi connectivity index (χ1) is 15.5. The molecule has 0 aliphatic carbocycles. The number of anilines is 2. The quantitative estimate of drug-likeness (QED) is 0.336. The van der Waals surface area contributed by atoms with Gasteiger partial charge in [0.05, 0.1) is 22.3 Å². The monoisotopic (exact) mass is 429 g/mol. The second-order valence-corrected chi connectivity index (χ2v) is 6.95. The van der Waals surface area contributed by atoms with Gasteiger partial charge >= 0.3 is 0 Å². The number of nitro groups is 1. The van der Waals surface area contributed by atoms with Crippen molar-refractivity contribution < 1.29 is 9.72 Å². The van der Waals surface area contributed by atoms with Crippen molar-refractivity contribution >= 4 is 23.0 Å². The second-order valence-electron chi connectivity index (χ2n) is 6.95. The van der Waals surface area contributed by atoms with E-state index in [4.69, 9.17) is 0 Å². The van der Waals surface area contributed by atoms with Crippen LogP contribution in [0, 0.1) is 10.1 Å². The van der Waals surface area contributed by atoms with Crippen LogP contribution in [-0.4, -0.2) is 30.6 Å². The summed E-state index contributed by atoms with van der Waals surface area (Å²) in [6.07, 6.45) is 4.66. The van der Waals surface area contributed by atoms with E-state index in [-0.39, 0.29) is 17.3 Å². The molecule has 0 aliphatic heterocycles. The molecule has 32 heavy (non-hydrogen) atoms. The van der Waals surface area contributed by atoms with Gasteiger partial charge in [-0.2, -0.15) is 5.10 Å². The van der Waals surface area contributed by atoms with E-state index in [1.165, 1.54) is 18.5 Å². The van der Waals surface area contributed by atoms with Gasteiger partial charge in [-0.3, -0.25) is 19.9 Å². The molecule has 0 aliphatic rings. The molecule has 2 aromatic carbocycles. The molecule has 0 fully saturated rings. The summed E-state index contributed by atoms with van der Waals surface area (Å²) in [5.41, 5.74) is 2.37. The summed E-state index contributed by atoms with van der Waals surface area (Å²) in [6.45, 7) is 1.86. The van der Waals surface area contributed by atoms with Gasteiger partial charge < -0.3 is 10.6 Å². The first-order valence-corrected chi connectivity index (χ1v) is 9.73. The van der Waals surface area contributed by atoms with Crippen molar-refractivity contribution in [2.24, 2.45) is 0 Å². The normalized spacial score (nSPS) is 11.5. The van der Waals surface area contributed by atoms with Crippen molar-refractivity contribution in [2.45, 2.75) is 13.0 Å². The van der Waals surface area contributed by atoms with Crippen molar-refractivity contribution in [3.05, 3.63) is 101 Å². The van der Waals surface area contributed by atoms with Gasteiger partial charge in [-0.1, -0.05) is 6.07 Å². The maximum Gasteiger partial charge on any atom is 0.293 e. The SMILES string of the molecule is CC(Nc1ccc(C(=O)Nc2ccc(-n3cncn3)cc2)cc1[N+](=O)[O-])c1ccccn1. The Labute approximate surface area is 183 Å². The van der Waals surface area contributed by atoms with Crippen LogP contribution >= 0.6 is 0 Å². The number of nitrogens with zero attached hydrogens (tertiary/aromatic N) is 5. The molecule has 10 nitrogen and oxygen atoms in total. The van der Waals surface area contributed by atoms with Gasteiger partial charge in [-0.15, -0.1) is 0 Å². The van der Waals surface area contributed by atoms with E-state index in [0.717, 1.165) is 11.4 Å². The summed E-state index contributed by atoms with van der Waals surface area (Å²) in [5.74, 6) is -0.453. The van der Waals surface area contributed by atoms with Crippen LogP contribution in [0.15, 0.2) is 79.5 Å². The number of benzene rings is 2. The molecule has 1 amide bonds. The van der Waals surface area contributed by atoms with E-state index in [9.17, 15) is 14.9 Å². The van der Waals surface area contributed by atoms with Gasteiger partial charge in [0.2, 0.25) is 0 Å². The highest BCUT2D eigenvalue weighted by Gasteiger charge is 2.20. The summed E-state index contributed by atoms with van der Waals surface area (Å²) >= 11 is 0. The molecule has 2 heterocycles. The van der Waals surface area contributed by atoms with Crippen molar-refractivity contribution in [1.82, 2.24) is 19.7 Å². The molecule has 0 spiro atoms. The number of rotatable bonds is 7. The number of amides is 1. The summed E-state index contributed by atoms with van der Waals surface area (Å²) < 4.78 is 1.59. The third-order valence-corrected chi connectivity index (χ3v) is 4.77. The molecular weight excluding hydrogens is 410 g/mol. The van der Waals surface area contributed by atoms with Crippen molar-refractivity contribution in [1.29, 1.82) is 0 Å². The zero-order valence-corrected chi connectivity index (χ0v) is 17.0. The molecule has 10 heteroatoms. The van der Waals surface area contributed by atoms with Crippen LogP contribution in [0.1, 0.15) is 29.0 Å². The smallest absolute Gasteiger partial charge is 0.293 e. The van der Waals surface area contributed by atoms with Crippen molar-refractivity contribution in [3.63, 3.8) is 0 Å². The number of hydrogen-bond acceptors (Lipinski definition) is 7. The number of pyridine rings is 1. The topological polar surface area (TPSA) is 128 Å². The number of nitro benzene ring substituents is 1. The maximum absolute atomic E-state index is 12.7. The standard InChI is InChI=1S/C22H19N7O3/c1-15(19-4-2-3-11-24-19)26-20-10-5-16(12-21(20)29(31)32)22(30)27-17-6-8-18(9-7-17)28-14-23-13-25-28/h2-15,26H,1H3,(H,27,30). The van der Waals surface area contributed by atoms with E-state index < -0.39 is 10.8 Å². The van der Waals surface area contributed by atoms with E-state index in [0.29, 0.717) is 11.4 Å². The zero-order valence-electron chi connectivity index (χ0n) is 17.0. The zero-order chi connectivity index (χ0) is 22.5. The molecule has 0 saturated carbocycles. The molecule has 0 radical (unpaired) electrons. The lowest BCUT2D eigenvalue weighted by atomic mass is 10.1. The fourth-order valence-electron chi connectivity index (χ4n) is 3.13. The Morgan fingerprint density at radius 3 is 2.59 bits per heavy atom. The van der Waals surface area contributed by atoms with Crippen LogP contribution in [-0.2, 0) is 0 Å². The van der Waals surface area contributed by atoms with E-state index in [2.05, 4.69) is 25.7 Å². The Morgan fingerprint density at radius 1 is 1.12 bits per heavy atom. The molecule has 4 aromatic rings. The Morgan fingerprint density at radius 2 is 1.94 bits per heavy atom. The lowest BCUT2D eigenvalue weighted by Gasteiger charge is -2.15. The Kier molecular flexibility index (Phi) is 5.84. The molecule has 0 saturated heterocycles. The van der Waals surface area contributed by atoms with Crippen molar-refractivity contribution in [3.8, 4) is 5.69 Å². The lowest BCUT2D eigenvalue weighted by molar-refractivity contribution is -0.384. The van der Waals surface area contributed by atoms with Crippen molar-refractivity contribution in [2.75, 3.05) is 10.6 Å². The highest BCUT2D eigenvalue weighted by atomic mass is 16.6. The number of carbonyl (C=O) groups excluding carboxylic acids is 1. The molecule has 1 atom stereocenters. The van der Waals surface area contributed by atoms with Crippen LogP contribution in [0.5, 0.6) is 0 Å². The van der Waals surface area contributed by atoms with E-state index >= 15 is 0 Å². The van der Waals surface area contributed by atoms with E-state index in [1.807, 2.05) is 19.1 Å². The van der Waals surface area contributed by atoms with Gasteiger partial charge in [0.15, 0.2) is 0 Å². The molecule has 1 unspecified atom stereocenters. The van der Waals surface area contributed by atoms with Crippen LogP contribution < -0.4 is 10.6 Å². The minimum absolute atomic E-state index is 0.174. The predicted octanol–water partition coefficient (Wildman–Crippen LogP) is 4.00. The Bertz CT molecular complexity index is 1230. The average molecular weight is 429 g/mol. The highest BCUT2D eigenvalue weighted by molar-refractivity contribution is 6.05. The van der Waals surface area contributed by atoms with Gasteiger partial charge in [-0.25, -0.2) is 9.67 Å². The van der Waals surface area contributed by atoms with Crippen LogP contribution in [0.3, 0.4) is 0 Å². The van der Waals surface area contributed by atoms with E-state index in [1.54, 1.807) is 53.6 Å². The predicted molar refractivity (Wildman–Crippen MR) is 119 cm³/mol. The largest absolute Gasteiger partial charge is 0.371 e. The Hall–Kier alpha value is -4.60. The Balaban J connectivity index is 1.50. The minimum Gasteiger partial charge on any atom is -0.371 e. The van der Waals surface area contributed by atoms with Gasteiger partial charge in [0, 0.05) is 23.5 Å². The molecule has 4 rings (SSSR count). The molecule has 2 N–H and O–H groups in total. The van der Waals surface area contributed by atoms with Gasteiger partial charge in [0.1, 0.15) is 18.3 Å². The van der Waals surface area contributed by atoms with Gasteiger partial charge in [0.25, 0.3) is 11.6 Å². The third-order valence-electron chi connectivity index (χ3n) is 4.77. The fourth-order valence-corrected chi connectivity index (χ4v) is 3.13. The number of hydrogen-bond donors (Lipinski definition) is 2. The fraction of sp³-hybridized carbons (Fsp3) is 0.0909.